The number of epoxide rings is 1. The minimum absolute atomic E-state index is 0.0888. The van der Waals surface area contributed by atoms with Gasteiger partial charge in [0.1, 0.15) is 18.4 Å². The van der Waals surface area contributed by atoms with Gasteiger partial charge in [0.05, 0.1) is 17.7 Å². The third-order valence-corrected chi connectivity index (χ3v) is 6.80. The third-order valence-electron chi connectivity index (χ3n) is 6.80. The second-order valence-electron chi connectivity index (χ2n) is 9.98. The number of phenolic OH excluding ortho intramolecular Hbond substituents is 1. The van der Waals surface area contributed by atoms with E-state index in [9.17, 15) is 23.1 Å². The van der Waals surface area contributed by atoms with Crippen molar-refractivity contribution in [2.45, 2.75) is 45.0 Å². The van der Waals surface area contributed by atoms with Gasteiger partial charge in [-0.05, 0) is 59.3 Å². The van der Waals surface area contributed by atoms with Crippen LogP contribution in [-0.4, -0.2) is 54.0 Å². The average molecular weight is 516 g/mol. The first-order chi connectivity index (χ1) is 17.5. The Bertz CT molecular complexity index is 1350. The van der Waals surface area contributed by atoms with E-state index in [0.717, 1.165) is 41.8 Å². The van der Waals surface area contributed by atoms with Crippen LogP contribution < -0.4 is 5.32 Å². The van der Waals surface area contributed by atoms with Gasteiger partial charge in [-0.25, -0.2) is 0 Å². The van der Waals surface area contributed by atoms with Crippen LogP contribution in [-0.2, 0) is 17.7 Å². The predicted octanol–water partition coefficient (Wildman–Crippen LogP) is 5.19. The summed E-state index contributed by atoms with van der Waals surface area (Å²) in [6, 6.07) is 9.08. The Morgan fingerprint density at radius 2 is 2.00 bits per heavy atom. The van der Waals surface area contributed by atoms with E-state index in [2.05, 4.69) is 10.1 Å². The van der Waals surface area contributed by atoms with Gasteiger partial charge >= 0.3 is 6.18 Å². The summed E-state index contributed by atoms with van der Waals surface area (Å²) >= 11 is 0. The second kappa shape index (κ2) is 9.50. The van der Waals surface area contributed by atoms with Gasteiger partial charge in [-0.1, -0.05) is 37.2 Å². The number of alkyl halides is 3. The molecule has 7 nitrogen and oxygen atoms in total. The number of hydrogen-bond donors (Lipinski definition) is 2. The summed E-state index contributed by atoms with van der Waals surface area (Å²) in [5.74, 6) is -0.881. The van der Waals surface area contributed by atoms with Crippen molar-refractivity contribution < 1.29 is 32.3 Å². The molecule has 2 N–H and O–H groups in total. The number of fused-ring (bicyclic) bond motifs is 1. The molecule has 0 saturated carbocycles. The normalized spacial score (nSPS) is 17.6. The molecule has 2 aromatic carbocycles. The van der Waals surface area contributed by atoms with Crippen molar-refractivity contribution in [1.82, 2.24) is 15.4 Å². The summed E-state index contributed by atoms with van der Waals surface area (Å²) < 4.78 is 49.5. The van der Waals surface area contributed by atoms with E-state index in [1.54, 1.807) is 18.2 Å². The first-order valence-electron chi connectivity index (χ1n) is 12.2. The van der Waals surface area contributed by atoms with Crippen LogP contribution in [0.15, 0.2) is 34.9 Å². The number of amides is 1. The van der Waals surface area contributed by atoms with Gasteiger partial charge in [0.2, 0.25) is 0 Å². The Morgan fingerprint density at radius 1 is 1.24 bits per heavy atom. The van der Waals surface area contributed by atoms with Crippen molar-refractivity contribution in [3.8, 4) is 28.2 Å². The molecule has 1 amide bonds. The Balaban J connectivity index is 1.64. The quantitative estimate of drug-likeness (QED) is 0.439. The minimum atomic E-state index is -4.58. The monoisotopic (exact) mass is 515 g/mol. The van der Waals surface area contributed by atoms with Gasteiger partial charge in [-0.15, -0.1) is 0 Å². The zero-order chi connectivity index (χ0) is 26.5. The van der Waals surface area contributed by atoms with Gasteiger partial charge in [0, 0.05) is 13.1 Å². The number of rotatable bonds is 6. The molecular weight excluding hydrogens is 487 g/mol. The lowest BCUT2D eigenvalue weighted by molar-refractivity contribution is -0.123. The summed E-state index contributed by atoms with van der Waals surface area (Å²) in [7, 11) is 2.03. The molecule has 1 fully saturated rings. The third kappa shape index (κ3) is 5.21. The Morgan fingerprint density at radius 3 is 2.68 bits per heavy atom. The maximum atomic E-state index is 12.9. The minimum Gasteiger partial charge on any atom is -0.507 e. The van der Waals surface area contributed by atoms with Gasteiger partial charge in [0.25, 0.3) is 5.91 Å². The number of nitrogens with zero attached hydrogens (tertiary/aromatic N) is 2. The van der Waals surface area contributed by atoms with Crippen LogP contribution in [0.25, 0.3) is 22.5 Å². The molecule has 0 bridgehead atoms. The molecule has 3 heterocycles. The van der Waals surface area contributed by atoms with E-state index in [-0.39, 0.29) is 34.8 Å². The fourth-order valence-corrected chi connectivity index (χ4v) is 4.82. The molecule has 10 heteroatoms. The van der Waals surface area contributed by atoms with Crippen molar-refractivity contribution in [3.63, 3.8) is 0 Å². The van der Waals surface area contributed by atoms with E-state index in [1.165, 1.54) is 0 Å². The highest BCUT2D eigenvalue weighted by Crippen LogP contribution is 2.45. The molecule has 0 radical (unpaired) electrons. The second-order valence-corrected chi connectivity index (χ2v) is 9.98. The Hall–Kier alpha value is -3.37. The summed E-state index contributed by atoms with van der Waals surface area (Å²) in [6.45, 7) is 4.73. The highest BCUT2D eigenvalue weighted by molar-refractivity contribution is 6.02. The lowest BCUT2D eigenvalue weighted by Crippen LogP contribution is -2.34. The van der Waals surface area contributed by atoms with Crippen LogP contribution in [0.3, 0.4) is 0 Å². The molecule has 1 atom stereocenters. The largest absolute Gasteiger partial charge is 0.507 e. The van der Waals surface area contributed by atoms with E-state index in [1.807, 2.05) is 38.3 Å². The van der Waals surface area contributed by atoms with Crippen LogP contribution in [0.5, 0.6) is 5.75 Å². The number of likely N-dealkylation sites (N-methyl/N-ethyl adjacent to an activating group) is 1. The maximum absolute atomic E-state index is 12.9. The molecule has 1 unspecified atom stereocenters. The van der Waals surface area contributed by atoms with Gasteiger partial charge in [0.15, 0.2) is 11.5 Å². The lowest BCUT2D eigenvalue weighted by atomic mass is 9.89. The number of hydrogen-bond acceptors (Lipinski definition) is 6. The maximum Gasteiger partial charge on any atom is 0.405 e. The molecular formula is C27H28F3N3O4. The molecule has 2 aliphatic rings. The molecule has 5 rings (SSSR count). The first-order valence-corrected chi connectivity index (χ1v) is 12.2. The number of halogens is 3. The van der Waals surface area contributed by atoms with Gasteiger partial charge < -0.3 is 24.6 Å². The number of phenols is 1. The number of carbonyl (C=O) groups excluding carboxylic acids is 1. The predicted molar refractivity (Wildman–Crippen MR) is 130 cm³/mol. The lowest BCUT2D eigenvalue weighted by Gasteiger charge is -2.25. The van der Waals surface area contributed by atoms with E-state index in [4.69, 9.17) is 9.26 Å². The topological polar surface area (TPSA) is 91.1 Å². The van der Waals surface area contributed by atoms with Gasteiger partial charge in [-0.3, -0.25) is 4.79 Å². The summed E-state index contributed by atoms with van der Waals surface area (Å²) in [5.41, 5.74) is 4.89. The number of carbonyl (C=O) groups is 1. The average Bonchev–Trinajstić information content (AvgIpc) is 3.60. The number of ether oxygens (including phenoxy) is 1. The van der Waals surface area contributed by atoms with E-state index < -0.39 is 18.6 Å². The number of aromatic nitrogens is 1. The molecule has 37 heavy (non-hydrogen) atoms. The fourth-order valence-electron chi connectivity index (χ4n) is 4.82. The van der Waals surface area contributed by atoms with Crippen molar-refractivity contribution in [1.29, 1.82) is 0 Å². The highest BCUT2D eigenvalue weighted by Gasteiger charge is 2.33. The molecule has 1 aromatic heterocycles. The number of benzene rings is 2. The zero-order valence-corrected chi connectivity index (χ0v) is 20.8. The van der Waals surface area contributed by atoms with E-state index >= 15 is 0 Å². The van der Waals surface area contributed by atoms with Crippen LogP contribution in [0.4, 0.5) is 13.2 Å². The highest BCUT2D eigenvalue weighted by atomic mass is 19.4. The van der Waals surface area contributed by atoms with Crippen LogP contribution >= 0.6 is 0 Å². The molecule has 0 spiro atoms. The van der Waals surface area contributed by atoms with Crippen molar-refractivity contribution in [3.05, 3.63) is 58.3 Å². The number of nitrogens with one attached hydrogen (secondary N) is 1. The zero-order valence-electron chi connectivity index (χ0n) is 20.8. The molecule has 3 aromatic rings. The summed E-state index contributed by atoms with van der Waals surface area (Å²) in [5, 5.41) is 16.7. The molecule has 2 aliphatic heterocycles. The van der Waals surface area contributed by atoms with Crippen LogP contribution in [0.2, 0.25) is 0 Å². The Labute approximate surface area is 212 Å². The summed E-state index contributed by atoms with van der Waals surface area (Å²) in [6.07, 6.45) is -3.88. The van der Waals surface area contributed by atoms with Gasteiger partial charge in [-0.2, -0.15) is 13.2 Å². The molecule has 0 aliphatic carbocycles. The summed E-state index contributed by atoms with van der Waals surface area (Å²) in [4.78, 5) is 15.0. The van der Waals surface area contributed by atoms with Crippen molar-refractivity contribution in [2.75, 3.05) is 26.7 Å². The standard InChI is InChI=1S/C27H28F3N3O4/c1-14(2)18-9-20(21(34)10-19(18)22-12-36-22)25-23(24(32-37-25)26(35)31-13-27(28,29)30)16-4-5-17-11-33(3)7-6-15(17)8-16/h4-5,8-10,14,22,34H,6-7,11-13H2,1-3H3,(H,31,35). The van der Waals surface area contributed by atoms with Crippen molar-refractivity contribution >= 4 is 5.91 Å². The molecule has 196 valence electrons. The van der Waals surface area contributed by atoms with Crippen LogP contribution in [0.1, 0.15) is 58.6 Å². The first kappa shape index (κ1) is 25.3. The number of aromatic hydroxyl groups is 1. The SMILES string of the molecule is CC(C)c1cc(-c2onc(C(=O)NCC(F)(F)F)c2-c2ccc3c(c2)CCN(C)C3)c(O)cc1C1CO1. The van der Waals surface area contributed by atoms with Crippen LogP contribution in [0, 0.1) is 0 Å². The molecule has 1 saturated heterocycles. The smallest absolute Gasteiger partial charge is 0.405 e. The van der Waals surface area contributed by atoms with E-state index in [0.29, 0.717) is 17.7 Å². The fraction of sp³-hybridized carbons (Fsp3) is 0.407. The Kier molecular flexibility index (Phi) is 6.49. The van der Waals surface area contributed by atoms with Crippen molar-refractivity contribution in [2.24, 2.45) is 0 Å².